The minimum absolute atomic E-state index is 0.580. The SMILES string of the molecule is CC1=CC=CC2(CCCCC2)C1. The van der Waals surface area contributed by atoms with Gasteiger partial charge in [0.05, 0.1) is 0 Å². The zero-order chi connectivity index (χ0) is 8.44. The molecular formula is C12H18. The van der Waals surface area contributed by atoms with E-state index in [1.165, 1.54) is 38.5 Å². The third-order valence-electron chi connectivity index (χ3n) is 3.31. The van der Waals surface area contributed by atoms with E-state index in [1.54, 1.807) is 5.57 Å². The quantitative estimate of drug-likeness (QED) is 0.507. The van der Waals surface area contributed by atoms with E-state index in [9.17, 15) is 0 Å². The third-order valence-corrected chi connectivity index (χ3v) is 3.31. The minimum atomic E-state index is 0.580. The fourth-order valence-corrected chi connectivity index (χ4v) is 2.69. The second kappa shape index (κ2) is 3.08. The Morgan fingerprint density at radius 1 is 1.17 bits per heavy atom. The molecule has 66 valence electrons. The summed E-state index contributed by atoms with van der Waals surface area (Å²) >= 11 is 0. The van der Waals surface area contributed by atoms with Crippen LogP contribution in [0.5, 0.6) is 0 Å². The second-order valence-electron chi connectivity index (χ2n) is 4.47. The van der Waals surface area contributed by atoms with Gasteiger partial charge in [-0.1, -0.05) is 43.1 Å². The molecule has 2 aliphatic rings. The predicted molar refractivity (Wildman–Crippen MR) is 53.0 cm³/mol. The van der Waals surface area contributed by atoms with Crippen LogP contribution in [0.2, 0.25) is 0 Å². The van der Waals surface area contributed by atoms with Gasteiger partial charge >= 0.3 is 0 Å². The van der Waals surface area contributed by atoms with Crippen LogP contribution in [-0.2, 0) is 0 Å². The molecule has 1 fully saturated rings. The molecule has 0 aromatic carbocycles. The van der Waals surface area contributed by atoms with Crippen LogP contribution in [0.4, 0.5) is 0 Å². The van der Waals surface area contributed by atoms with E-state index < -0.39 is 0 Å². The summed E-state index contributed by atoms with van der Waals surface area (Å²) in [7, 11) is 0. The van der Waals surface area contributed by atoms with E-state index in [1.807, 2.05) is 0 Å². The van der Waals surface area contributed by atoms with Gasteiger partial charge in [0.25, 0.3) is 0 Å². The van der Waals surface area contributed by atoms with Crippen LogP contribution in [0.3, 0.4) is 0 Å². The summed E-state index contributed by atoms with van der Waals surface area (Å²) in [6, 6.07) is 0. The van der Waals surface area contributed by atoms with Crippen molar-refractivity contribution in [3.8, 4) is 0 Å². The van der Waals surface area contributed by atoms with Crippen LogP contribution < -0.4 is 0 Å². The smallest absolute Gasteiger partial charge is 0.00780 e. The highest BCUT2D eigenvalue weighted by molar-refractivity contribution is 5.22. The standard InChI is InChI=1S/C12H18/c1-11-6-5-9-12(10-11)7-3-2-4-8-12/h5-6,9H,2-4,7-8,10H2,1H3. The fourth-order valence-electron chi connectivity index (χ4n) is 2.69. The number of allylic oxidation sites excluding steroid dienone is 4. The molecule has 0 heteroatoms. The van der Waals surface area contributed by atoms with Crippen molar-refractivity contribution >= 4 is 0 Å². The molecule has 0 nitrogen and oxygen atoms in total. The van der Waals surface area contributed by atoms with Gasteiger partial charge in [-0.2, -0.15) is 0 Å². The first-order valence-electron chi connectivity index (χ1n) is 5.16. The molecule has 0 aromatic heterocycles. The Bertz CT molecular complexity index is 214. The molecule has 0 aliphatic heterocycles. The summed E-state index contributed by atoms with van der Waals surface area (Å²) in [5, 5.41) is 0. The molecule has 0 bridgehead atoms. The number of rotatable bonds is 0. The van der Waals surface area contributed by atoms with Gasteiger partial charge < -0.3 is 0 Å². The third kappa shape index (κ3) is 1.48. The lowest BCUT2D eigenvalue weighted by Crippen LogP contribution is -2.23. The van der Waals surface area contributed by atoms with Gasteiger partial charge in [-0.25, -0.2) is 0 Å². The van der Waals surface area contributed by atoms with Crippen molar-refractivity contribution < 1.29 is 0 Å². The molecule has 2 aliphatic carbocycles. The molecule has 2 rings (SSSR count). The van der Waals surface area contributed by atoms with Gasteiger partial charge in [0.15, 0.2) is 0 Å². The summed E-state index contributed by atoms with van der Waals surface area (Å²) in [5.74, 6) is 0. The monoisotopic (exact) mass is 162 g/mol. The topological polar surface area (TPSA) is 0 Å². The largest absolute Gasteiger partial charge is 0.0780 e. The molecule has 0 atom stereocenters. The summed E-state index contributed by atoms with van der Waals surface area (Å²) in [6.45, 7) is 2.26. The summed E-state index contributed by atoms with van der Waals surface area (Å²) in [5.41, 5.74) is 2.15. The lowest BCUT2D eigenvalue weighted by atomic mass is 9.69. The summed E-state index contributed by atoms with van der Waals surface area (Å²) in [6.07, 6.45) is 15.5. The van der Waals surface area contributed by atoms with Crippen LogP contribution in [0, 0.1) is 5.41 Å². The first kappa shape index (κ1) is 8.10. The Morgan fingerprint density at radius 2 is 1.92 bits per heavy atom. The number of hydrogen-bond donors (Lipinski definition) is 0. The molecule has 0 heterocycles. The van der Waals surface area contributed by atoms with Crippen molar-refractivity contribution in [1.82, 2.24) is 0 Å². The lowest BCUT2D eigenvalue weighted by molar-refractivity contribution is 0.253. The van der Waals surface area contributed by atoms with Crippen LogP contribution in [0.15, 0.2) is 23.8 Å². The second-order valence-corrected chi connectivity index (χ2v) is 4.47. The Kier molecular flexibility index (Phi) is 2.08. The average molecular weight is 162 g/mol. The molecule has 0 aromatic rings. The molecule has 1 saturated carbocycles. The van der Waals surface area contributed by atoms with E-state index in [-0.39, 0.29) is 0 Å². The molecule has 0 N–H and O–H groups in total. The highest BCUT2D eigenvalue weighted by atomic mass is 14.3. The van der Waals surface area contributed by atoms with E-state index >= 15 is 0 Å². The first-order valence-corrected chi connectivity index (χ1v) is 5.16. The molecule has 0 radical (unpaired) electrons. The lowest BCUT2D eigenvalue weighted by Gasteiger charge is -2.36. The van der Waals surface area contributed by atoms with Crippen molar-refractivity contribution in [3.05, 3.63) is 23.8 Å². The summed E-state index contributed by atoms with van der Waals surface area (Å²) < 4.78 is 0. The first-order chi connectivity index (χ1) is 5.81. The van der Waals surface area contributed by atoms with E-state index in [0.29, 0.717) is 5.41 Å². The van der Waals surface area contributed by atoms with Crippen LogP contribution in [-0.4, -0.2) is 0 Å². The van der Waals surface area contributed by atoms with Gasteiger partial charge in [-0.05, 0) is 31.6 Å². The molecule has 0 unspecified atom stereocenters. The van der Waals surface area contributed by atoms with Gasteiger partial charge in [0.2, 0.25) is 0 Å². The van der Waals surface area contributed by atoms with Crippen molar-refractivity contribution in [2.75, 3.05) is 0 Å². The maximum absolute atomic E-state index is 2.46. The van der Waals surface area contributed by atoms with Crippen molar-refractivity contribution in [1.29, 1.82) is 0 Å². The Balaban J connectivity index is 2.11. The fraction of sp³-hybridized carbons (Fsp3) is 0.667. The zero-order valence-electron chi connectivity index (χ0n) is 7.97. The van der Waals surface area contributed by atoms with E-state index in [4.69, 9.17) is 0 Å². The highest BCUT2D eigenvalue weighted by Crippen LogP contribution is 2.44. The van der Waals surface area contributed by atoms with Gasteiger partial charge in [0, 0.05) is 0 Å². The normalized spacial score (nSPS) is 27.2. The minimum Gasteiger partial charge on any atom is -0.0780 e. The average Bonchev–Trinajstić information content (AvgIpc) is 2.05. The predicted octanol–water partition coefficient (Wildman–Crippen LogP) is 3.84. The molecule has 0 amide bonds. The summed E-state index contributed by atoms with van der Waals surface area (Å²) in [4.78, 5) is 0. The maximum Gasteiger partial charge on any atom is -0.00780 e. The zero-order valence-corrected chi connectivity index (χ0v) is 7.97. The Morgan fingerprint density at radius 3 is 2.58 bits per heavy atom. The molecule has 12 heavy (non-hydrogen) atoms. The van der Waals surface area contributed by atoms with Crippen molar-refractivity contribution in [2.45, 2.75) is 45.4 Å². The maximum atomic E-state index is 2.46. The van der Waals surface area contributed by atoms with Gasteiger partial charge in [-0.3, -0.25) is 0 Å². The van der Waals surface area contributed by atoms with Gasteiger partial charge in [-0.15, -0.1) is 0 Å². The van der Waals surface area contributed by atoms with Gasteiger partial charge in [0.1, 0.15) is 0 Å². The van der Waals surface area contributed by atoms with E-state index in [2.05, 4.69) is 25.2 Å². The Hall–Kier alpha value is -0.520. The molecule has 0 saturated heterocycles. The molecular weight excluding hydrogens is 144 g/mol. The van der Waals surface area contributed by atoms with Crippen LogP contribution in [0.1, 0.15) is 45.4 Å². The van der Waals surface area contributed by atoms with Crippen molar-refractivity contribution in [2.24, 2.45) is 5.41 Å². The molecule has 1 spiro atoms. The highest BCUT2D eigenvalue weighted by Gasteiger charge is 2.30. The van der Waals surface area contributed by atoms with Crippen LogP contribution in [0.25, 0.3) is 0 Å². The van der Waals surface area contributed by atoms with Crippen LogP contribution >= 0.6 is 0 Å². The van der Waals surface area contributed by atoms with E-state index in [0.717, 1.165) is 0 Å². The Labute approximate surface area is 75.4 Å². The van der Waals surface area contributed by atoms with Crippen molar-refractivity contribution in [3.63, 3.8) is 0 Å². The number of hydrogen-bond acceptors (Lipinski definition) is 0.